The fraction of sp³-hybridized carbons (Fsp3) is 0.417. The van der Waals surface area contributed by atoms with Crippen LogP contribution in [-0.2, 0) is 4.79 Å². The molecule has 5 nitrogen and oxygen atoms in total. The van der Waals surface area contributed by atoms with E-state index in [2.05, 4.69) is 19.2 Å². The highest BCUT2D eigenvalue weighted by molar-refractivity contribution is 6.04. The van der Waals surface area contributed by atoms with Crippen molar-refractivity contribution in [2.45, 2.75) is 45.4 Å². The van der Waals surface area contributed by atoms with Crippen LogP contribution < -0.4 is 10.1 Å². The molecule has 1 saturated heterocycles. The Kier molecular flexibility index (Phi) is 7.28. The Morgan fingerprint density at radius 3 is 2.34 bits per heavy atom. The normalized spacial score (nSPS) is 14.4. The molecule has 0 unspecified atom stereocenters. The fourth-order valence-electron chi connectivity index (χ4n) is 3.64. The Hall–Kier alpha value is -2.82. The zero-order chi connectivity index (χ0) is 20.6. The van der Waals surface area contributed by atoms with Crippen LogP contribution >= 0.6 is 0 Å². The number of rotatable bonds is 6. The van der Waals surface area contributed by atoms with Crippen LogP contribution in [0.5, 0.6) is 5.75 Å². The molecule has 0 bridgehead atoms. The maximum Gasteiger partial charge on any atom is 0.262 e. The van der Waals surface area contributed by atoms with Crippen molar-refractivity contribution in [1.82, 2.24) is 4.90 Å². The number of likely N-dealkylation sites (tertiary alicyclic amines) is 1. The zero-order valence-corrected chi connectivity index (χ0v) is 17.3. The van der Waals surface area contributed by atoms with Crippen LogP contribution in [0.2, 0.25) is 0 Å². The molecule has 1 heterocycles. The number of ether oxygens (including phenoxy) is 1. The second-order valence-corrected chi connectivity index (χ2v) is 7.78. The van der Waals surface area contributed by atoms with Gasteiger partial charge < -0.3 is 15.0 Å². The van der Waals surface area contributed by atoms with E-state index >= 15 is 0 Å². The quantitative estimate of drug-likeness (QED) is 0.762. The Morgan fingerprint density at radius 1 is 0.966 bits per heavy atom. The number of hydrogen-bond acceptors (Lipinski definition) is 3. The van der Waals surface area contributed by atoms with Crippen LogP contribution in [0.4, 0.5) is 5.69 Å². The SMILES string of the molecule is CC(C)c1ccccc1OCC(=O)Nc1ccccc1C(=O)N1CCCCCC1. The summed E-state index contributed by atoms with van der Waals surface area (Å²) in [5.74, 6) is 0.723. The van der Waals surface area contributed by atoms with Gasteiger partial charge in [-0.05, 0) is 42.5 Å². The van der Waals surface area contributed by atoms with Crippen LogP contribution in [0.1, 0.15) is 61.4 Å². The monoisotopic (exact) mass is 394 g/mol. The van der Waals surface area contributed by atoms with Crippen molar-refractivity contribution in [3.8, 4) is 5.75 Å². The first-order chi connectivity index (χ1) is 14.1. The number of carbonyl (C=O) groups excluding carboxylic acids is 2. The summed E-state index contributed by atoms with van der Waals surface area (Å²) in [5.41, 5.74) is 2.13. The summed E-state index contributed by atoms with van der Waals surface area (Å²) in [6.07, 6.45) is 4.39. The van der Waals surface area contributed by atoms with Crippen molar-refractivity contribution in [2.75, 3.05) is 25.0 Å². The van der Waals surface area contributed by atoms with E-state index in [4.69, 9.17) is 4.74 Å². The van der Waals surface area contributed by atoms with E-state index in [-0.39, 0.29) is 18.4 Å². The van der Waals surface area contributed by atoms with Crippen molar-refractivity contribution in [3.63, 3.8) is 0 Å². The zero-order valence-electron chi connectivity index (χ0n) is 17.3. The molecule has 5 heteroatoms. The van der Waals surface area contributed by atoms with Gasteiger partial charge in [0.15, 0.2) is 6.61 Å². The third-order valence-electron chi connectivity index (χ3n) is 5.22. The average molecular weight is 395 g/mol. The minimum absolute atomic E-state index is 0.0196. The average Bonchev–Trinajstić information content (AvgIpc) is 3.02. The third-order valence-corrected chi connectivity index (χ3v) is 5.22. The first kappa shape index (κ1) is 20.9. The lowest BCUT2D eigenvalue weighted by molar-refractivity contribution is -0.118. The van der Waals surface area contributed by atoms with E-state index in [9.17, 15) is 9.59 Å². The summed E-state index contributed by atoms with van der Waals surface area (Å²) >= 11 is 0. The largest absolute Gasteiger partial charge is 0.483 e. The van der Waals surface area contributed by atoms with E-state index in [0.717, 1.165) is 44.3 Å². The lowest BCUT2D eigenvalue weighted by Crippen LogP contribution is -2.33. The minimum atomic E-state index is -0.278. The molecule has 2 aromatic rings. The Bertz CT molecular complexity index is 840. The standard InChI is InChI=1S/C24H30N2O3/c1-18(2)19-11-6-8-14-22(19)29-17-23(27)25-21-13-7-5-12-20(21)24(28)26-15-9-3-4-10-16-26/h5-8,11-14,18H,3-4,9-10,15-17H2,1-2H3,(H,25,27). The van der Waals surface area contributed by atoms with Gasteiger partial charge in [-0.2, -0.15) is 0 Å². The van der Waals surface area contributed by atoms with Gasteiger partial charge in [0.1, 0.15) is 5.75 Å². The van der Waals surface area contributed by atoms with Crippen molar-refractivity contribution < 1.29 is 14.3 Å². The molecule has 1 aliphatic rings. The maximum absolute atomic E-state index is 13.0. The molecular weight excluding hydrogens is 364 g/mol. The van der Waals surface area contributed by atoms with Crippen LogP contribution in [0, 0.1) is 0 Å². The van der Waals surface area contributed by atoms with Crippen molar-refractivity contribution >= 4 is 17.5 Å². The van der Waals surface area contributed by atoms with Crippen LogP contribution in [0.3, 0.4) is 0 Å². The highest BCUT2D eigenvalue weighted by Gasteiger charge is 2.20. The van der Waals surface area contributed by atoms with E-state index in [1.165, 1.54) is 0 Å². The summed E-state index contributed by atoms with van der Waals surface area (Å²) in [6, 6.07) is 14.9. The number of nitrogens with zero attached hydrogens (tertiary/aromatic N) is 1. The molecule has 2 aromatic carbocycles. The molecule has 0 atom stereocenters. The first-order valence-electron chi connectivity index (χ1n) is 10.5. The van der Waals surface area contributed by atoms with Gasteiger partial charge >= 0.3 is 0 Å². The van der Waals surface area contributed by atoms with E-state index in [1.807, 2.05) is 41.3 Å². The van der Waals surface area contributed by atoms with Gasteiger partial charge in [0.25, 0.3) is 11.8 Å². The smallest absolute Gasteiger partial charge is 0.262 e. The summed E-state index contributed by atoms with van der Waals surface area (Å²) in [5, 5.41) is 2.85. The van der Waals surface area contributed by atoms with Gasteiger partial charge in [0, 0.05) is 13.1 Å². The van der Waals surface area contributed by atoms with E-state index < -0.39 is 0 Å². The third kappa shape index (κ3) is 5.59. The summed E-state index contributed by atoms with van der Waals surface area (Å²) in [6.45, 7) is 5.63. The second kappa shape index (κ2) is 10.1. The molecule has 0 saturated carbocycles. The Labute approximate surface area is 173 Å². The summed E-state index contributed by atoms with van der Waals surface area (Å²) < 4.78 is 5.76. The molecular formula is C24H30N2O3. The summed E-state index contributed by atoms with van der Waals surface area (Å²) in [4.78, 5) is 27.4. The molecule has 0 radical (unpaired) electrons. The molecule has 29 heavy (non-hydrogen) atoms. The molecule has 154 valence electrons. The first-order valence-corrected chi connectivity index (χ1v) is 10.5. The fourth-order valence-corrected chi connectivity index (χ4v) is 3.64. The van der Waals surface area contributed by atoms with Crippen molar-refractivity contribution in [1.29, 1.82) is 0 Å². The predicted molar refractivity (Wildman–Crippen MR) is 115 cm³/mol. The number of benzene rings is 2. The molecule has 2 amide bonds. The van der Waals surface area contributed by atoms with Gasteiger partial charge in [-0.25, -0.2) is 0 Å². The number of nitrogens with one attached hydrogen (secondary N) is 1. The predicted octanol–water partition coefficient (Wildman–Crippen LogP) is 4.84. The lowest BCUT2D eigenvalue weighted by Gasteiger charge is -2.22. The number of para-hydroxylation sites is 2. The van der Waals surface area contributed by atoms with Gasteiger partial charge in [-0.3, -0.25) is 9.59 Å². The van der Waals surface area contributed by atoms with E-state index in [1.54, 1.807) is 12.1 Å². The molecule has 1 fully saturated rings. The Balaban J connectivity index is 1.66. The summed E-state index contributed by atoms with van der Waals surface area (Å²) in [7, 11) is 0. The molecule has 1 N–H and O–H groups in total. The number of amides is 2. The topological polar surface area (TPSA) is 58.6 Å². The highest BCUT2D eigenvalue weighted by atomic mass is 16.5. The maximum atomic E-state index is 13.0. The van der Waals surface area contributed by atoms with Crippen LogP contribution in [0.15, 0.2) is 48.5 Å². The highest BCUT2D eigenvalue weighted by Crippen LogP contribution is 2.26. The number of carbonyl (C=O) groups is 2. The van der Waals surface area contributed by atoms with Gasteiger partial charge in [-0.15, -0.1) is 0 Å². The van der Waals surface area contributed by atoms with Crippen molar-refractivity contribution in [3.05, 3.63) is 59.7 Å². The Morgan fingerprint density at radius 2 is 1.62 bits per heavy atom. The van der Waals surface area contributed by atoms with Gasteiger partial charge in [0.2, 0.25) is 0 Å². The van der Waals surface area contributed by atoms with Gasteiger partial charge in [-0.1, -0.05) is 57.0 Å². The van der Waals surface area contributed by atoms with Crippen molar-refractivity contribution in [2.24, 2.45) is 0 Å². The molecule has 0 spiro atoms. The number of hydrogen-bond donors (Lipinski definition) is 1. The minimum Gasteiger partial charge on any atom is -0.483 e. The van der Waals surface area contributed by atoms with Crippen LogP contribution in [0.25, 0.3) is 0 Å². The van der Waals surface area contributed by atoms with E-state index in [0.29, 0.717) is 22.9 Å². The van der Waals surface area contributed by atoms with Gasteiger partial charge in [0.05, 0.1) is 11.3 Å². The lowest BCUT2D eigenvalue weighted by atomic mass is 10.0. The molecule has 0 aliphatic carbocycles. The second-order valence-electron chi connectivity index (χ2n) is 7.78. The number of anilines is 1. The molecule has 3 rings (SSSR count). The molecule has 1 aliphatic heterocycles. The van der Waals surface area contributed by atoms with Crippen LogP contribution in [-0.4, -0.2) is 36.4 Å². The molecule has 0 aromatic heterocycles.